The van der Waals surface area contributed by atoms with Crippen LogP contribution in [-0.2, 0) is 25.7 Å². The van der Waals surface area contributed by atoms with Crippen LogP contribution in [0.1, 0.15) is 22.6 Å². The van der Waals surface area contributed by atoms with E-state index in [0.717, 1.165) is 17.3 Å². The Labute approximate surface area is 210 Å². The van der Waals surface area contributed by atoms with E-state index in [4.69, 9.17) is 4.42 Å². The smallest absolute Gasteiger partial charge is 0.329 e. The van der Waals surface area contributed by atoms with Crippen LogP contribution in [-0.4, -0.2) is 34.8 Å². The molecular formula is C24H22N6O7. The van der Waals surface area contributed by atoms with Crippen molar-refractivity contribution in [2.45, 2.75) is 20.4 Å². The third kappa shape index (κ3) is 7.58. The summed E-state index contributed by atoms with van der Waals surface area (Å²) in [6.45, 7) is 3.76. The van der Waals surface area contributed by atoms with Gasteiger partial charge in [-0.1, -0.05) is 6.07 Å². The summed E-state index contributed by atoms with van der Waals surface area (Å²) in [6.07, 6.45) is 1.13. The second kappa shape index (κ2) is 11.9. The summed E-state index contributed by atoms with van der Waals surface area (Å²) in [5.41, 5.74) is 4.58. The largest absolute Gasteiger partial charge is 0.458 e. The van der Waals surface area contributed by atoms with Gasteiger partial charge >= 0.3 is 23.6 Å². The van der Waals surface area contributed by atoms with Crippen LogP contribution in [0.5, 0.6) is 0 Å². The Balaban J connectivity index is 1.43. The maximum absolute atomic E-state index is 12.1. The van der Waals surface area contributed by atoms with Crippen LogP contribution in [0.15, 0.2) is 64.1 Å². The summed E-state index contributed by atoms with van der Waals surface area (Å²) in [7, 11) is 0. The van der Waals surface area contributed by atoms with Crippen LogP contribution in [0.25, 0.3) is 0 Å². The number of amides is 4. The molecule has 37 heavy (non-hydrogen) atoms. The Morgan fingerprint density at radius 1 is 0.865 bits per heavy atom. The molecule has 190 valence electrons. The van der Waals surface area contributed by atoms with Crippen LogP contribution < -0.4 is 21.4 Å². The minimum absolute atomic E-state index is 0.0724. The fourth-order valence-corrected chi connectivity index (χ4v) is 2.87. The molecule has 0 aliphatic carbocycles. The van der Waals surface area contributed by atoms with E-state index in [1.165, 1.54) is 36.4 Å². The zero-order chi connectivity index (χ0) is 26.9. The molecule has 4 amide bonds. The van der Waals surface area contributed by atoms with Gasteiger partial charge in [-0.3, -0.25) is 29.3 Å². The lowest BCUT2D eigenvalue weighted by Gasteiger charge is -2.07. The van der Waals surface area contributed by atoms with Crippen molar-refractivity contribution < 1.29 is 28.5 Å². The molecule has 0 saturated heterocycles. The second-order valence-electron chi connectivity index (χ2n) is 7.70. The lowest BCUT2D eigenvalue weighted by molar-refractivity contribution is -0.384. The zero-order valence-corrected chi connectivity index (χ0v) is 19.7. The van der Waals surface area contributed by atoms with Gasteiger partial charge in [0, 0.05) is 23.5 Å². The van der Waals surface area contributed by atoms with Crippen molar-refractivity contribution in [3.8, 4) is 0 Å². The molecule has 1 heterocycles. The maximum Gasteiger partial charge on any atom is 0.329 e. The number of hydrogen-bond donors (Lipinski definition) is 4. The molecule has 0 aliphatic heterocycles. The average Bonchev–Trinajstić information content (AvgIpc) is 3.32. The van der Waals surface area contributed by atoms with Gasteiger partial charge in [-0.05, 0) is 61.4 Å². The van der Waals surface area contributed by atoms with E-state index >= 15 is 0 Å². The summed E-state index contributed by atoms with van der Waals surface area (Å²) in [5, 5.41) is 21.5. The quantitative estimate of drug-likeness (QED) is 0.164. The number of non-ortho nitro benzene ring substituents is 1. The molecule has 0 radical (unpaired) electrons. The van der Waals surface area contributed by atoms with E-state index in [0.29, 0.717) is 11.4 Å². The molecule has 0 fully saturated rings. The lowest BCUT2D eigenvalue weighted by Crippen LogP contribution is -2.34. The summed E-state index contributed by atoms with van der Waals surface area (Å²) in [4.78, 5) is 58.0. The molecule has 1 aromatic heterocycles. The molecule has 0 atom stereocenters. The number of aryl methyl sites for hydroxylation is 2. The molecule has 2 aromatic carbocycles. The summed E-state index contributed by atoms with van der Waals surface area (Å²) < 4.78 is 5.43. The molecule has 0 bridgehead atoms. The summed E-state index contributed by atoms with van der Waals surface area (Å²) >= 11 is 0. The van der Waals surface area contributed by atoms with Gasteiger partial charge in [-0.25, -0.2) is 5.43 Å². The van der Waals surface area contributed by atoms with Gasteiger partial charge in [-0.2, -0.15) is 5.10 Å². The number of hydrazone groups is 1. The number of hydrogen-bond acceptors (Lipinski definition) is 8. The maximum atomic E-state index is 12.1. The molecule has 13 nitrogen and oxygen atoms in total. The van der Waals surface area contributed by atoms with Gasteiger partial charge in [0.2, 0.25) is 0 Å². The van der Waals surface area contributed by atoms with Crippen molar-refractivity contribution in [2.24, 2.45) is 5.10 Å². The van der Waals surface area contributed by atoms with Crippen molar-refractivity contribution in [3.05, 3.63) is 87.4 Å². The zero-order valence-electron chi connectivity index (χ0n) is 19.7. The van der Waals surface area contributed by atoms with Crippen molar-refractivity contribution >= 4 is 46.9 Å². The number of nitrogens with zero attached hydrogens (tertiary/aromatic N) is 2. The fraction of sp³-hybridized carbons (Fsp3) is 0.125. The van der Waals surface area contributed by atoms with Gasteiger partial charge in [0.05, 0.1) is 17.7 Å². The van der Waals surface area contributed by atoms with Crippen molar-refractivity contribution in [3.63, 3.8) is 0 Å². The molecule has 0 spiro atoms. The van der Waals surface area contributed by atoms with Crippen molar-refractivity contribution in [2.75, 3.05) is 10.6 Å². The third-order valence-electron chi connectivity index (χ3n) is 4.98. The molecule has 0 saturated carbocycles. The minimum Gasteiger partial charge on any atom is -0.458 e. The fourth-order valence-electron chi connectivity index (χ4n) is 2.87. The second-order valence-corrected chi connectivity index (χ2v) is 7.70. The van der Waals surface area contributed by atoms with Gasteiger partial charge in [0.25, 0.3) is 5.69 Å². The first-order valence-corrected chi connectivity index (χ1v) is 10.8. The van der Waals surface area contributed by atoms with Crippen LogP contribution in [0, 0.1) is 24.0 Å². The SMILES string of the molecule is Cc1ccc(NC(=O)C(=O)NCc2ccc(C=NNC(=O)C(=O)Nc3ccc([N+](=O)[O-])cc3)o2)cc1C. The average molecular weight is 506 g/mol. The van der Waals surface area contributed by atoms with Crippen molar-refractivity contribution in [1.82, 2.24) is 10.7 Å². The first-order valence-electron chi connectivity index (χ1n) is 10.8. The van der Waals surface area contributed by atoms with E-state index in [1.54, 1.807) is 12.1 Å². The highest BCUT2D eigenvalue weighted by Gasteiger charge is 2.15. The topological polar surface area (TPSA) is 185 Å². The Kier molecular flexibility index (Phi) is 8.44. The van der Waals surface area contributed by atoms with Crippen LogP contribution in [0.3, 0.4) is 0 Å². The number of benzene rings is 2. The number of carbonyl (C=O) groups is 4. The monoisotopic (exact) mass is 506 g/mol. The van der Waals surface area contributed by atoms with Gasteiger partial charge in [0.1, 0.15) is 11.5 Å². The van der Waals surface area contributed by atoms with E-state index in [1.807, 2.05) is 25.3 Å². The van der Waals surface area contributed by atoms with Crippen LogP contribution in [0.4, 0.5) is 17.1 Å². The number of nitro benzene ring substituents is 1. The Morgan fingerprint density at radius 2 is 1.51 bits per heavy atom. The van der Waals surface area contributed by atoms with E-state index in [-0.39, 0.29) is 23.7 Å². The molecule has 0 aliphatic rings. The number of nitrogens with one attached hydrogen (secondary N) is 4. The molecule has 0 unspecified atom stereocenters. The van der Waals surface area contributed by atoms with E-state index < -0.39 is 28.6 Å². The minimum atomic E-state index is -1.08. The Morgan fingerprint density at radius 3 is 2.19 bits per heavy atom. The highest BCUT2D eigenvalue weighted by molar-refractivity contribution is 6.40. The Bertz CT molecular complexity index is 1380. The molecule has 3 rings (SSSR count). The van der Waals surface area contributed by atoms with Crippen LogP contribution in [0.2, 0.25) is 0 Å². The van der Waals surface area contributed by atoms with Gasteiger partial charge < -0.3 is 20.4 Å². The molecule has 13 heteroatoms. The number of anilines is 2. The van der Waals surface area contributed by atoms with E-state index in [2.05, 4.69) is 21.1 Å². The number of rotatable bonds is 7. The Hall–Kier alpha value is -5.33. The predicted molar refractivity (Wildman–Crippen MR) is 133 cm³/mol. The summed E-state index contributed by atoms with van der Waals surface area (Å²) in [6, 6.07) is 13.3. The van der Waals surface area contributed by atoms with Crippen molar-refractivity contribution in [1.29, 1.82) is 0 Å². The number of furan rings is 1. The van der Waals surface area contributed by atoms with Gasteiger partial charge in [0.15, 0.2) is 0 Å². The van der Waals surface area contributed by atoms with Crippen LogP contribution >= 0.6 is 0 Å². The van der Waals surface area contributed by atoms with Gasteiger partial charge in [-0.15, -0.1) is 0 Å². The van der Waals surface area contributed by atoms with E-state index in [9.17, 15) is 29.3 Å². The standard InChI is InChI=1S/C24H22N6O7/c1-14-3-4-17(11-15(14)2)28-22(32)21(31)25-12-19-9-10-20(37-19)13-26-29-24(34)23(33)27-16-5-7-18(8-6-16)30(35)36/h3-11,13H,12H2,1-2H3,(H,25,31)(H,27,33)(H,28,32)(H,29,34). The molecular weight excluding hydrogens is 484 g/mol. The third-order valence-corrected chi connectivity index (χ3v) is 4.98. The summed E-state index contributed by atoms with van der Waals surface area (Å²) in [5.74, 6) is -3.27. The first-order chi connectivity index (χ1) is 17.6. The predicted octanol–water partition coefficient (Wildman–Crippen LogP) is 2.15. The normalized spacial score (nSPS) is 10.5. The first kappa shape index (κ1) is 26.3. The highest BCUT2D eigenvalue weighted by Crippen LogP contribution is 2.15. The highest BCUT2D eigenvalue weighted by atomic mass is 16.6. The molecule has 3 aromatic rings. The lowest BCUT2D eigenvalue weighted by atomic mass is 10.1. The number of nitro groups is 1. The molecule has 4 N–H and O–H groups in total. The number of carbonyl (C=O) groups excluding carboxylic acids is 4.